The Bertz CT molecular complexity index is 1060. The van der Waals surface area contributed by atoms with Crippen molar-refractivity contribution in [1.29, 1.82) is 0 Å². The molecule has 30 heavy (non-hydrogen) atoms. The summed E-state index contributed by atoms with van der Waals surface area (Å²) in [4.78, 5) is 24.6. The van der Waals surface area contributed by atoms with Crippen LogP contribution in [0.5, 0.6) is 0 Å². The van der Waals surface area contributed by atoms with Gasteiger partial charge in [0.25, 0.3) is 0 Å². The Hall–Kier alpha value is -2.74. The highest BCUT2D eigenvalue weighted by Gasteiger charge is 2.73. The monoisotopic (exact) mass is 433 g/mol. The second-order valence-electron chi connectivity index (χ2n) is 8.49. The number of alkyl carbamates (subject to hydrolysis) is 1. The molecule has 1 saturated carbocycles. The lowest BCUT2D eigenvalue weighted by atomic mass is 10.1. The van der Waals surface area contributed by atoms with Crippen LogP contribution >= 0.6 is 0 Å². The van der Waals surface area contributed by atoms with Crippen molar-refractivity contribution >= 4 is 22.2 Å². The van der Waals surface area contributed by atoms with Crippen molar-refractivity contribution in [2.45, 2.75) is 54.9 Å². The number of hydrogen-bond donors (Lipinski definition) is 1. The van der Waals surface area contributed by atoms with E-state index in [0.29, 0.717) is 11.8 Å². The number of aldehydes is 1. The Labute approximate surface area is 175 Å². The molecule has 2 aromatic carbocycles. The van der Waals surface area contributed by atoms with E-state index in [9.17, 15) is 22.4 Å². The molecule has 0 saturated heterocycles. The minimum atomic E-state index is -3.99. The largest absolute Gasteiger partial charge is 0.444 e. The van der Waals surface area contributed by atoms with Crippen LogP contribution in [0, 0.1) is 12.7 Å². The molecule has 160 valence electrons. The SMILES string of the molecule is Cc1ccc(S(=O)(=O)[C@@H]2[C@@H](c3ccc(F)cc3)[C@]2(C=O)NC(=O)OC(C)(C)C)cc1. The molecule has 3 rings (SSSR count). The number of sulfone groups is 1. The number of halogens is 1. The fraction of sp³-hybridized carbons (Fsp3) is 0.364. The standard InChI is InChI=1S/C22H24FNO5S/c1-14-5-11-17(12-6-14)30(27,28)19-18(15-7-9-16(23)10-8-15)22(19,13-25)24-20(26)29-21(2,3)4/h5-13,18-19H,1-4H3,(H,24,26)/t18-,19-,22+/m1/s1. The van der Waals surface area contributed by atoms with Gasteiger partial charge in [0.1, 0.15) is 28.5 Å². The minimum Gasteiger partial charge on any atom is -0.444 e. The molecule has 0 aromatic heterocycles. The van der Waals surface area contributed by atoms with E-state index in [1.807, 2.05) is 6.92 Å². The molecule has 0 bridgehead atoms. The molecule has 0 spiro atoms. The van der Waals surface area contributed by atoms with Gasteiger partial charge in [-0.25, -0.2) is 17.6 Å². The topological polar surface area (TPSA) is 89.5 Å². The Balaban J connectivity index is 2.04. The van der Waals surface area contributed by atoms with E-state index in [1.54, 1.807) is 32.9 Å². The van der Waals surface area contributed by atoms with Gasteiger partial charge >= 0.3 is 6.09 Å². The van der Waals surface area contributed by atoms with E-state index < -0.39 is 44.1 Å². The summed E-state index contributed by atoms with van der Waals surface area (Å²) in [5.74, 6) is -1.37. The molecule has 0 aliphatic heterocycles. The molecule has 0 radical (unpaired) electrons. The Kier molecular flexibility index (Phi) is 5.49. The van der Waals surface area contributed by atoms with Gasteiger partial charge in [-0.2, -0.15) is 0 Å². The molecule has 1 fully saturated rings. The molecule has 8 heteroatoms. The predicted molar refractivity (Wildman–Crippen MR) is 109 cm³/mol. The lowest BCUT2D eigenvalue weighted by Crippen LogP contribution is -2.45. The van der Waals surface area contributed by atoms with E-state index in [2.05, 4.69) is 5.32 Å². The van der Waals surface area contributed by atoms with E-state index in [0.717, 1.165) is 5.56 Å². The zero-order valence-electron chi connectivity index (χ0n) is 17.2. The maximum Gasteiger partial charge on any atom is 0.408 e. The second kappa shape index (κ2) is 7.50. The van der Waals surface area contributed by atoms with E-state index in [1.165, 1.54) is 36.4 Å². The number of amides is 1. The Morgan fingerprint density at radius 2 is 1.67 bits per heavy atom. The summed E-state index contributed by atoms with van der Waals surface area (Å²) in [6.45, 7) is 6.80. The zero-order chi connectivity index (χ0) is 22.3. The molecule has 1 aliphatic carbocycles. The molecule has 6 nitrogen and oxygen atoms in total. The highest BCUT2D eigenvalue weighted by atomic mass is 32.2. The lowest BCUT2D eigenvalue weighted by Gasteiger charge is -2.22. The van der Waals surface area contributed by atoms with Crippen LogP contribution in [-0.4, -0.2) is 37.2 Å². The normalized spacial score (nSPS) is 23.5. The first-order valence-corrected chi connectivity index (χ1v) is 11.0. The summed E-state index contributed by atoms with van der Waals surface area (Å²) in [6.07, 6.45) is -0.468. The average molecular weight is 434 g/mol. The quantitative estimate of drug-likeness (QED) is 0.729. The Morgan fingerprint density at radius 1 is 1.10 bits per heavy atom. The van der Waals surface area contributed by atoms with Crippen molar-refractivity contribution in [3.8, 4) is 0 Å². The number of carbonyl (C=O) groups is 2. The lowest BCUT2D eigenvalue weighted by molar-refractivity contribution is -0.110. The number of ether oxygens (including phenoxy) is 1. The maximum absolute atomic E-state index is 13.4. The van der Waals surface area contributed by atoms with Crippen molar-refractivity contribution in [2.75, 3.05) is 0 Å². The highest BCUT2D eigenvalue weighted by molar-refractivity contribution is 7.92. The van der Waals surface area contributed by atoms with Crippen LogP contribution in [0.25, 0.3) is 0 Å². The minimum absolute atomic E-state index is 0.0416. The number of aryl methyl sites for hydroxylation is 1. The number of rotatable bonds is 5. The summed E-state index contributed by atoms with van der Waals surface area (Å²) < 4.78 is 45.4. The molecule has 0 heterocycles. The molecular weight excluding hydrogens is 409 g/mol. The molecule has 1 N–H and O–H groups in total. The van der Waals surface area contributed by atoms with Crippen LogP contribution in [-0.2, 0) is 19.4 Å². The average Bonchev–Trinajstić information content (AvgIpc) is 3.30. The maximum atomic E-state index is 13.4. The van der Waals surface area contributed by atoms with Gasteiger partial charge < -0.3 is 14.8 Å². The van der Waals surface area contributed by atoms with Gasteiger partial charge in [-0.1, -0.05) is 29.8 Å². The second-order valence-corrected chi connectivity index (χ2v) is 10.6. The van der Waals surface area contributed by atoms with Gasteiger partial charge in [-0.15, -0.1) is 0 Å². The van der Waals surface area contributed by atoms with Gasteiger partial charge in [-0.3, -0.25) is 0 Å². The van der Waals surface area contributed by atoms with Crippen LogP contribution in [0.1, 0.15) is 37.8 Å². The van der Waals surface area contributed by atoms with Crippen molar-refractivity contribution < 1.29 is 27.1 Å². The molecule has 0 unspecified atom stereocenters. The van der Waals surface area contributed by atoms with Gasteiger partial charge in [-0.05, 0) is 57.5 Å². The first kappa shape index (κ1) is 22.0. The summed E-state index contributed by atoms with van der Waals surface area (Å²) in [5.41, 5.74) is -1.24. The first-order chi connectivity index (χ1) is 13.9. The highest BCUT2D eigenvalue weighted by Crippen LogP contribution is 2.56. The number of benzene rings is 2. The fourth-order valence-corrected chi connectivity index (χ4v) is 5.85. The molecule has 3 atom stereocenters. The summed E-state index contributed by atoms with van der Waals surface area (Å²) >= 11 is 0. The summed E-state index contributed by atoms with van der Waals surface area (Å²) in [7, 11) is -3.99. The molecule has 1 amide bonds. The van der Waals surface area contributed by atoms with Crippen LogP contribution in [0.3, 0.4) is 0 Å². The molecule has 1 aliphatic rings. The Morgan fingerprint density at radius 3 is 2.17 bits per heavy atom. The molecule has 2 aromatic rings. The number of hydrogen-bond acceptors (Lipinski definition) is 5. The van der Waals surface area contributed by atoms with E-state index in [4.69, 9.17) is 4.74 Å². The molecular formula is C22H24FNO5S. The van der Waals surface area contributed by atoms with Crippen molar-refractivity contribution in [3.63, 3.8) is 0 Å². The van der Waals surface area contributed by atoms with Gasteiger partial charge in [0, 0.05) is 5.92 Å². The fourth-order valence-electron chi connectivity index (χ4n) is 3.60. The number of nitrogens with one attached hydrogen (secondary N) is 1. The van der Waals surface area contributed by atoms with Crippen LogP contribution in [0.4, 0.5) is 9.18 Å². The third kappa shape index (κ3) is 4.09. The van der Waals surface area contributed by atoms with Crippen LogP contribution in [0.15, 0.2) is 53.4 Å². The first-order valence-electron chi connectivity index (χ1n) is 9.44. The number of carbonyl (C=O) groups excluding carboxylic acids is 2. The van der Waals surface area contributed by atoms with E-state index >= 15 is 0 Å². The van der Waals surface area contributed by atoms with Crippen LogP contribution < -0.4 is 5.32 Å². The summed E-state index contributed by atoms with van der Waals surface area (Å²) in [5, 5.41) is 1.22. The zero-order valence-corrected chi connectivity index (χ0v) is 18.0. The van der Waals surface area contributed by atoms with Crippen molar-refractivity contribution in [3.05, 3.63) is 65.5 Å². The van der Waals surface area contributed by atoms with Crippen molar-refractivity contribution in [1.82, 2.24) is 5.32 Å². The summed E-state index contributed by atoms with van der Waals surface area (Å²) in [6, 6.07) is 11.5. The third-order valence-electron chi connectivity index (χ3n) is 5.00. The van der Waals surface area contributed by atoms with Gasteiger partial charge in [0.05, 0.1) is 4.90 Å². The van der Waals surface area contributed by atoms with Gasteiger partial charge in [0.2, 0.25) is 0 Å². The van der Waals surface area contributed by atoms with Gasteiger partial charge in [0.15, 0.2) is 9.84 Å². The predicted octanol–water partition coefficient (Wildman–Crippen LogP) is 3.54. The van der Waals surface area contributed by atoms with Crippen LogP contribution in [0.2, 0.25) is 0 Å². The van der Waals surface area contributed by atoms with E-state index in [-0.39, 0.29) is 4.90 Å². The third-order valence-corrected chi connectivity index (χ3v) is 7.26. The smallest absolute Gasteiger partial charge is 0.408 e. The van der Waals surface area contributed by atoms with Crippen molar-refractivity contribution in [2.24, 2.45) is 0 Å².